The zero-order valence-corrected chi connectivity index (χ0v) is 11.1. The van der Waals surface area contributed by atoms with Gasteiger partial charge in [-0.15, -0.1) is 11.3 Å². The van der Waals surface area contributed by atoms with Crippen molar-refractivity contribution in [2.45, 2.75) is 58.3 Å². The monoisotopic (exact) mass is 235 g/mol. The third-order valence-electron chi connectivity index (χ3n) is 2.96. The third-order valence-corrected chi connectivity index (χ3v) is 4.06. The molecule has 0 N–H and O–H groups in total. The topological polar surface area (TPSA) is 23.8 Å². The smallest absolute Gasteiger partial charge is 0.100 e. The van der Waals surface area contributed by atoms with E-state index in [-0.39, 0.29) is 0 Å². The van der Waals surface area contributed by atoms with Crippen molar-refractivity contribution in [2.75, 3.05) is 0 Å². The molecule has 88 valence electrons. The molecule has 0 saturated heterocycles. The number of rotatable bonds is 7. The van der Waals surface area contributed by atoms with Gasteiger partial charge in [-0.3, -0.25) is 0 Å². The van der Waals surface area contributed by atoms with E-state index >= 15 is 0 Å². The third kappa shape index (κ3) is 3.98. The molecule has 0 fully saturated rings. The maximum atomic E-state index is 8.84. The fraction of sp³-hybridized carbons (Fsp3) is 0.643. The molecular formula is C14H21NS. The van der Waals surface area contributed by atoms with Crippen molar-refractivity contribution in [1.82, 2.24) is 0 Å². The molecular weight excluding hydrogens is 214 g/mol. The van der Waals surface area contributed by atoms with Crippen LogP contribution in [-0.4, -0.2) is 0 Å². The molecule has 0 amide bonds. The summed E-state index contributed by atoms with van der Waals surface area (Å²) in [6.45, 7) is 4.48. The molecule has 0 spiro atoms. The van der Waals surface area contributed by atoms with Crippen molar-refractivity contribution >= 4 is 11.3 Å². The maximum absolute atomic E-state index is 8.84. The normalized spacial score (nSPS) is 10.6. The molecule has 0 aromatic carbocycles. The fourth-order valence-corrected chi connectivity index (χ4v) is 2.96. The van der Waals surface area contributed by atoms with Gasteiger partial charge in [0.1, 0.15) is 6.07 Å². The van der Waals surface area contributed by atoms with E-state index in [0.29, 0.717) is 5.92 Å². The number of unbranched alkanes of at least 4 members (excludes halogenated alkanes) is 2. The minimum Gasteiger partial charge on any atom is -0.192 e. The summed E-state index contributed by atoms with van der Waals surface area (Å²) in [6, 6.07) is 4.31. The van der Waals surface area contributed by atoms with Gasteiger partial charge in [-0.05, 0) is 24.8 Å². The van der Waals surface area contributed by atoms with Crippen LogP contribution in [0.1, 0.15) is 68.7 Å². The number of hydrogen-bond donors (Lipinski definition) is 0. The zero-order chi connectivity index (χ0) is 11.8. The number of nitriles is 1. The van der Waals surface area contributed by atoms with Gasteiger partial charge in [0.2, 0.25) is 0 Å². The van der Waals surface area contributed by atoms with Crippen LogP contribution in [0.25, 0.3) is 0 Å². The van der Waals surface area contributed by atoms with Crippen LogP contribution in [0.5, 0.6) is 0 Å². The van der Waals surface area contributed by atoms with Gasteiger partial charge in [0, 0.05) is 10.3 Å². The van der Waals surface area contributed by atoms with E-state index in [1.807, 2.05) is 5.38 Å². The summed E-state index contributed by atoms with van der Waals surface area (Å²) in [4.78, 5) is 1.42. The molecule has 0 saturated carbocycles. The Morgan fingerprint density at radius 1 is 1.25 bits per heavy atom. The largest absolute Gasteiger partial charge is 0.192 e. The Hall–Kier alpha value is -0.810. The van der Waals surface area contributed by atoms with Crippen molar-refractivity contribution in [1.29, 1.82) is 5.26 Å². The number of nitrogens with zero attached hydrogens (tertiary/aromatic N) is 1. The van der Waals surface area contributed by atoms with E-state index in [4.69, 9.17) is 5.26 Å². The molecule has 0 unspecified atom stereocenters. The second-order valence-electron chi connectivity index (χ2n) is 4.33. The van der Waals surface area contributed by atoms with Crippen LogP contribution in [0, 0.1) is 11.3 Å². The average Bonchev–Trinajstić information content (AvgIpc) is 2.78. The van der Waals surface area contributed by atoms with Gasteiger partial charge >= 0.3 is 0 Å². The van der Waals surface area contributed by atoms with Gasteiger partial charge in [0.25, 0.3) is 0 Å². The van der Waals surface area contributed by atoms with Gasteiger partial charge in [0.05, 0.1) is 5.56 Å². The van der Waals surface area contributed by atoms with E-state index in [1.165, 1.54) is 43.4 Å². The molecule has 1 aromatic heterocycles. The molecule has 0 radical (unpaired) electrons. The fourth-order valence-electron chi connectivity index (χ4n) is 1.96. The first-order valence-electron chi connectivity index (χ1n) is 6.30. The minimum absolute atomic E-state index is 0.687. The Kier molecular flexibility index (Phi) is 6.18. The average molecular weight is 235 g/mol. The molecule has 16 heavy (non-hydrogen) atoms. The standard InChI is InChI=1S/C14H21NS/c1-3-5-7-13(8-6-4-2)14-9-12(10-15)11-16-14/h9,11,13H,3-8H2,1-2H3. The molecule has 1 heterocycles. The zero-order valence-electron chi connectivity index (χ0n) is 10.3. The van der Waals surface area contributed by atoms with Crippen LogP contribution >= 0.6 is 11.3 Å². The molecule has 0 atom stereocenters. The second-order valence-corrected chi connectivity index (χ2v) is 5.27. The second kappa shape index (κ2) is 7.46. The molecule has 0 aliphatic carbocycles. The van der Waals surface area contributed by atoms with Crippen molar-refractivity contribution in [3.8, 4) is 6.07 Å². The van der Waals surface area contributed by atoms with Crippen LogP contribution in [0.3, 0.4) is 0 Å². The van der Waals surface area contributed by atoms with Crippen LogP contribution < -0.4 is 0 Å². The van der Waals surface area contributed by atoms with Crippen LogP contribution in [0.4, 0.5) is 0 Å². The molecule has 1 rings (SSSR count). The summed E-state index contributed by atoms with van der Waals surface area (Å²) in [7, 11) is 0. The maximum Gasteiger partial charge on any atom is 0.100 e. The van der Waals surface area contributed by atoms with Crippen molar-refractivity contribution in [3.63, 3.8) is 0 Å². The highest BCUT2D eigenvalue weighted by Crippen LogP contribution is 2.32. The lowest BCUT2D eigenvalue weighted by Gasteiger charge is -2.14. The minimum atomic E-state index is 0.687. The van der Waals surface area contributed by atoms with Crippen molar-refractivity contribution < 1.29 is 0 Å². The highest BCUT2D eigenvalue weighted by atomic mass is 32.1. The molecule has 1 aromatic rings. The van der Waals surface area contributed by atoms with Gasteiger partial charge in [-0.1, -0.05) is 39.5 Å². The van der Waals surface area contributed by atoms with E-state index in [0.717, 1.165) is 5.56 Å². The molecule has 2 heteroatoms. The lowest BCUT2D eigenvalue weighted by atomic mass is 9.94. The van der Waals surface area contributed by atoms with Crippen LogP contribution in [0.15, 0.2) is 11.4 Å². The lowest BCUT2D eigenvalue weighted by Crippen LogP contribution is -1.96. The summed E-state index contributed by atoms with van der Waals surface area (Å²) >= 11 is 1.76. The highest BCUT2D eigenvalue weighted by molar-refractivity contribution is 7.10. The molecule has 0 bridgehead atoms. The van der Waals surface area contributed by atoms with Crippen LogP contribution in [-0.2, 0) is 0 Å². The van der Waals surface area contributed by atoms with Crippen molar-refractivity contribution in [3.05, 3.63) is 21.9 Å². The Morgan fingerprint density at radius 2 is 1.88 bits per heavy atom. The van der Waals surface area contributed by atoms with Gasteiger partial charge in [-0.2, -0.15) is 5.26 Å². The SMILES string of the molecule is CCCCC(CCCC)c1cc(C#N)cs1. The first kappa shape index (κ1) is 13.3. The van der Waals surface area contributed by atoms with Gasteiger partial charge in [-0.25, -0.2) is 0 Å². The number of thiophene rings is 1. The van der Waals surface area contributed by atoms with Crippen LogP contribution in [0.2, 0.25) is 0 Å². The van der Waals surface area contributed by atoms with Crippen molar-refractivity contribution in [2.24, 2.45) is 0 Å². The molecule has 1 nitrogen and oxygen atoms in total. The Balaban J connectivity index is 2.63. The Bertz CT molecular complexity index is 327. The van der Waals surface area contributed by atoms with Gasteiger partial charge < -0.3 is 0 Å². The first-order chi connectivity index (χ1) is 7.81. The number of hydrogen-bond acceptors (Lipinski definition) is 2. The Labute approximate surface area is 103 Å². The molecule has 0 aliphatic rings. The predicted octanol–water partition coefficient (Wildman–Crippen LogP) is 5.08. The van der Waals surface area contributed by atoms with E-state index in [2.05, 4.69) is 26.0 Å². The van der Waals surface area contributed by atoms with Gasteiger partial charge in [0.15, 0.2) is 0 Å². The summed E-state index contributed by atoms with van der Waals surface area (Å²) in [6.07, 6.45) is 7.68. The summed E-state index contributed by atoms with van der Waals surface area (Å²) in [5.41, 5.74) is 0.831. The quantitative estimate of drug-likeness (QED) is 0.646. The first-order valence-corrected chi connectivity index (χ1v) is 7.18. The van der Waals surface area contributed by atoms with E-state index in [9.17, 15) is 0 Å². The lowest BCUT2D eigenvalue weighted by molar-refractivity contribution is 0.531. The van der Waals surface area contributed by atoms with E-state index in [1.54, 1.807) is 11.3 Å². The summed E-state index contributed by atoms with van der Waals surface area (Å²) in [5, 5.41) is 10.8. The highest BCUT2D eigenvalue weighted by Gasteiger charge is 2.13. The van der Waals surface area contributed by atoms with E-state index < -0.39 is 0 Å². The summed E-state index contributed by atoms with van der Waals surface area (Å²) < 4.78 is 0. The predicted molar refractivity (Wildman–Crippen MR) is 70.8 cm³/mol. The summed E-state index contributed by atoms with van der Waals surface area (Å²) in [5.74, 6) is 0.687. The Morgan fingerprint density at radius 3 is 2.31 bits per heavy atom. The molecule has 0 aliphatic heterocycles.